The normalized spacial score (nSPS) is 19.9. The van der Waals surface area contributed by atoms with Crippen LogP contribution in [0.15, 0.2) is 23.0 Å². The SMILES string of the molecule is CCN(c1cc(C#CCN2CCOCC2)cc(C(O)NCc2c(C)cc(C)[nH]c2=O)c1C)[C@H]1CC[C@H](N(C)CCOC)CC1. The number of nitrogens with zero attached hydrogens (tertiary/aromatic N) is 3. The molecule has 3 N–H and O–H groups in total. The molecule has 9 heteroatoms. The van der Waals surface area contributed by atoms with E-state index >= 15 is 0 Å². The van der Waals surface area contributed by atoms with Crippen LogP contribution in [-0.2, 0) is 16.0 Å². The summed E-state index contributed by atoms with van der Waals surface area (Å²) in [6.07, 6.45) is 3.60. The Balaban J connectivity index is 1.58. The number of aliphatic hydroxyl groups excluding tert-OH is 1. The number of nitrogens with one attached hydrogen (secondary N) is 2. The number of H-pyrrole nitrogens is 1. The molecular weight excluding hydrogens is 554 g/mol. The van der Waals surface area contributed by atoms with Crippen LogP contribution in [0, 0.1) is 32.6 Å². The number of aromatic amines is 1. The molecule has 9 nitrogen and oxygen atoms in total. The lowest BCUT2D eigenvalue weighted by atomic mass is 9.88. The average molecular weight is 608 g/mol. The van der Waals surface area contributed by atoms with E-state index in [0.29, 0.717) is 24.2 Å². The van der Waals surface area contributed by atoms with E-state index in [1.807, 2.05) is 26.0 Å². The minimum Gasteiger partial charge on any atom is -0.383 e. The number of aromatic nitrogens is 1. The van der Waals surface area contributed by atoms with Gasteiger partial charge in [-0.2, -0.15) is 0 Å². The molecule has 4 rings (SSSR count). The molecule has 1 aliphatic heterocycles. The van der Waals surface area contributed by atoms with Crippen molar-refractivity contribution in [2.75, 3.05) is 71.6 Å². The first-order valence-corrected chi connectivity index (χ1v) is 16.2. The lowest BCUT2D eigenvalue weighted by Crippen LogP contribution is -2.44. The van der Waals surface area contributed by atoms with Gasteiger partial charge in [0.2, 0.25) is 0 Å². The minimum absolute atomic E-state index is 0.122. The number of rotatable bonds is 12. The third-order valence-electron chi connectivity index (χ3n) is 9.35. The summed E-state index contributed by atoms with van der Waals surface area (Å²) in [6, 6.07) is 7.17. The van der Waals surface area contributed by atoms with Crippen molar-refractivity contribution in [1.82, 2.24) is 20.1 Å². The van der Waals surface area contributed by atoms with E-state index in [0.717, 1.165) is 105 Å². The third kappa shape index (κ3) is 8.94. The summed E-state index contributed by atoms with van der Waals surface area (Å²) in [4.78, 5) is 22.8. The zero-order valence-corrected chi connectivity index (χ0v) is 27.7. The van der Waals surface area contributed by atoms with Gasteiger partial charge in [-0.3, -0.25) is 15.0 Å². The van der Waals surface area contributed by atoms with E-state index in [4.69, 9.17) is 9.47 Å². The van der Waals surface area contributed by atoms with Gasteiger partial charge in [0.1, 0.15) is 6.23 Å². The molecule has 2 fully saturated rings. The van der Waals surface area contributed by atoms with Gasteiger partial charge in [0, 0.05) is 80.0 Å². The van der Waals surface area contributed by atoms with E-state index < -0.39 is 6.23 Å². The number of hydrogen-bond donors (Lipinski definition) is 3. The summed E-state index contributed by atoms with van der Waals surface area (Å²) in [6.45, 7) is 15.0. The van der Waals surface area contributed by atoms with Crippen LogP contribution in [0.25, 0.3) is 0 Å². The number of benzene rings is 1. The zero-order valence-electron chi connectivity index (χ0n) is 27.7. The molecule has 1 saturated heterocycles. The van der Waals surface area contributed by atoms with E-state index in [1.165, 1.54) is 0 Å². The summed E-state index contributed by atoms with van der Waals surface area (Å²) in [5.74, 6) is 6.78. The van der Waals surface area contributed by atoms with Gasteiger partial charge in [-0.15, -0.1) is 0 Å². The summed E-state index contributed by atoms with van der Waals surface area (Å²) in [7, 11) is 3.97. The monoisotopic (exact) mass is 607 g/mol. The highest BCUT2D eigenvalue weighted by molar-refractivity contribution is 5.62. The molecule has 1 aromatic heterocycles. The Morgan fingerprint density at radius 1 is 1.14 bits per heavy atom. The van der Waals surface area contributed by atoms with Gasteiger partial charge >= 0.3 is 0 Å². The molecule has 2 heterocycles. The summed E-state index contributed by atoms with van der Waals surface area (Å²) in [5.41, 5.74) is 6.11. The first-order chi connectivity index (χ1) is 21.2. The van der Waals surface area contributed by atoms with Crippen molar-refractivity contribution in [1.29, 1.82) is 0 Å². The highest BCUT2D eigenvalue weighted by Gasteiger charge is 2.29. The van der Waals surface area contributed by atoms with E-state index in [1.54, 1.807) is 7.11 Å². The number of ether oxygens (including phenoxy) is 2. The van der Waals surface area contributed by atoms with Crippen molar-refractivity contribution in [3.05, 3.63) is 62.1 Å². The summed E-state index contributed by atoms with van der Waals surface area (Å²) in [5, 5.41) is 14.7. The topological polar surface area (TPSA) is 93.3 Å². The Morgan fingerprint density at radius 3 is 2.50 bits per heavy atom. The maximum Gasteiger partial charge on any atom is 0.252 e. The number of anilines is 1. The van der Waals surface area contributed by atoms with E-state index in [2.05, 4.69) is 63.8 Å². The first kappa shape index (κ1) is 34.2. The van der Waals surface area contributed by atoms with Crippen molar-refractivity contribution in [3.8, 4) is 11.8 Å². The predicted octanol–water partition coefficient (Wildman–Crippen LogP) is 3.48. The van der Waals surface area contributed by atoms with Crippen LogP contribution in [0.1, 0.15) is 72.3 Å². The standard InChI is InChI=1S/C35H53N5O4/c1-7-40(30-12-10-29(11-13-30)38(5)15-18-43-6)33-23-28(9-8-14-39-16-19-44-20-17-39)22-31(27(33)4)34(41)36-24-32-25(2)21-26(3)37-35(32)42/h21-23,29-30,34,36,41H,7,10-20,24H2,1-6H3,(H,37,42)/t29-,30-,34?. The van der Waals surface area contributed by atoms with Gasteiger partial charge in [-0.25, -0.2) is 0 Å². The number of aliphatic hydroxyl groups is 1. The van der Waals surface area contributed by atoms with E-state index in [-0.39, 0.29) is 12.1 Å². The number of pyridine rings is 1. The Morgan fingerprint density at radius 2 is 1.84 bits per heavy atom. The third-order valence-corrected chi connectivity index (χ3v) is 9.35. The second-order valence-corrected chi connectivity index (χ2v) is 12.3. The Labute approximate surface area is 263 Å². The molecule has 44 heavy (non-hydrogen) atoms. The molecule has 0 radical (unpaired) electrons. The Kier molecular flexibility index (Phi) is 12.9. The van der Waals surface area contributed by atoms with Gasteiger partial charge in [0.25, 0.3) is 5.56 Å². The largest absolute Gasteiger partial charge is 0.383 e. The molecule has 0 amide bonds. The molecule has 242 valence electrons. The summed E-state index contributed by atoms with van der Waals surface area (Å²) >= 11 is 0. The molecular formula is C35H53N5O4. The van der Waals surface area contributed by atoms with Gasteiger partial charge in [-0.1, -0.05) is 11.8 Å². The second-order valence-electron chi connectivity index (χ2n) is 12.3. The van der Waals surface area contributed by atoms with Gasteiger partial charge < -0.3 is 29.4 Å². The van der Waals surface area contributed by atoms with Crippen molar-refractivity contribution in [3.63, 3.8) is 0 Å². The van der Waals surface area contributed by atoms with Crippen molar-refractivity contribution in [2.24, 2.45) is 0 Å². The van der Waals surface area contributed by atoms with Crippen molar-refractivity contribution in [2.45, 2.75) is 78.2 Å². The van der Waals surface area contributed by atoms with Crippen molar-refractivity contribution >= 4 is 5.69 Å². The fourth-order valence-corrected chi connectivity index (χ4v) is 6.65. The highest BCUT2D eigenvalue weighted by atomic mass is 16.5. The number of hydrogen-bond acceptors (Lipinski definition) is 8. The quantitative estimate of drug-likeness (QED) is 0.250. The second kappa shape index (κ2) is 16.6. The Bertz CT molecular complexity index is 1340. The van der Waals surface area contributed by atoms with Crippen LogP contribution < -0.4 is 15.8 Å². The molecule has 2 aliphatic rings. The number of aryl methyl sites for hydroxylation is 2. The van der Waals surface area contributed by atoms with E-state index in [9.17, 15) is 9.90 Å². The number of likely N-dealkylation sites (N-methyl/N-ethyl adjacent to an activating group) is 1. The molecule has 1 aliphatic carbocycles. The molecule has 0 spiro atoms. The highest BCUT2D eigenvalue weighted by Crippen LogP contribution is 2.34. The predicted molar refractivity (Wildman–Crippen MR) is 177 cm³/mol. The van der Waals surface area contributed by atoms with Gasteiger partial charge in [0.15, 0.2) is 0 Å². The maximum absolute atomic E-state index is 12.6. The maximum atomic E-state index is 12.6. The molecule has 1 atom stereocenters. The van der Waals surface area contributed by atoms with Gasteiger partial charge in [-0.05, 0) is 89.8 Å². The first-order valence-electron chi connectivity index (χ1n) is 16.2. The van der Waals surface area contributed by atoms with Crippen LogP contribution >= 0.6 is 0 Å². The Hall–Kier alpha value is -2.71. The molecule has 1 unspecified atom stereocenters. The molecule has 1 aromatic carbocycles. The fraction of sp³-hybridized carbons (Fsp3) is 0.629. The number of morpholine rings is 1. The molecule has 0 bridgehead atoms. The van der Waals surface area contributed by atoms with Crippen molar-refractivity contribution < 1.29 is 14.6 Å². The van der Waals surface area contributed by atoms with Crippen LogP contribution in [-0.4, -0.2) is 98.7 Å². The summed E-state index contributed by atoms with van der Waals surface area (Å²) < 4.78 is 10.8. The zero-order chi connectivity index (χ0) is 31.6. The average Bonchev–Trinajstić information content (AvgIpc) is 3.01. The lowest BCUT2D eigenvalue weighted by Gasteiger charge is -2.41. The molecule has 2 aromatic rings. The fourth-order valence-electron chi connectivity index (χ4n) is 6.65. The smallest absolute Gasteiger partial charge is 0.252 e. The van der Waals surface area contributed by atoms with Crippen LogP contribution in [0.5, 0.6) is 0 Å². The van der Waals surface area contributed by atoms with Gasteiger partial charge in [0.05, 0.1) is 26.4 Å². The number of methoxy groups -OCH3 is 1. The van der Waals surface area contributed by atoms with Crippen LogP contribution in [0.4, 0.5) is 5.69 Å². The molecule has 1 saturated carbocycles. The lowest BCUT2D eigenvalue weighted by molar-refractivity contribution is 0.0443. The van der Waals surface area contributed by atoms with Crippen LogP contribution in [0.2, 0.25) is 0 Å². The van der Waals surface area contributed by atoms with Crippen LogP contribution in [0.3, 0.4) is 0 Å². The minimum atomic E-state index is -0.946.